The average Bonchev–Trinajstić information content (AvgIpc) is 2.23. The molecule has 0 amide bonds. The summed E-state index contributed by atoms with van der Waals surface area (Å²) in [5, 5.41) is 3.44. The maximum Gasteiger partial charge on any atom is 0.0158 e. The first-order valence-electron chi connectivity index (χ1n) is 5.89. The van der Waals surface area contributed by atoms with Crippen molar-refractivity contribution in [1.82, 2.24) is 10.2 Å². The molecular weight excluding hydrogens is 228 g/mol. The molecule has 0 aromatic heterocycles. The third kappa shape index (κ3) is 4.14. The molecule has 1 atom stereocenters. The molecule has 0 saturated carbocycles. The Morgan fingerprint density at radius 3 is 2.73 bits per heavy atom. The zero-order chi connectivity index (χ0) is 9.80. The smallest absolute Gasteiger partial charge is 0.0158 e. The van der Waals surface area contributed by atoms with Gasteiger partial charge >= 0.3 is 0 Å². The van der Waals surface area contributed by atoms with Crippen molar-refractivity contribution in [2.45, 2.75) is 25.8 Å². The molecule has 2 nitrogen and oxygen atoms in total. The van der Waals surface area contributed by atoms with Gasteiger partial charge in [-0.15, -0.1) is 12.4 Å². The van der Waals surface area contributed by atoms with Gasteiger partial charge in [-0.2, -0.15) is 11.8 Å². The molecule has 1 unspecified atom stereocenters. The molecule has 90 valence electrons. The second-order valence-electron chi connectivity index (χ2n) is 4.61. The molecule has 0 aromatic rings. The van der Waals surface area contributed by atoms with E-state index in [9.17, 15) is 0 Å². The lowest BCUT2D eigenvalue weighted by Crippen LogP contribution is -2.44. The summed E-state index contributed by atoms with van der Waals surface area (Å²) in [6.45, 7) is 7.52. The van der Waals surface area contributed by atoms with Gasteiger partial charge in [-0.1, -0.05) is 0 Å². The second kappa shape index (κ2) is 7.00. The highest BCUT2D eigenvalue weighted by Gasteiger charge is 2.22. The minimum Gasteiger partial charge on any atom is -0.317 e. The topological polar surface area (TPSA) is 15.3 Å². The van der Waals surface area contributed by atoms with E-state index >= 15 is 0 Å². The lowest BCUT2D eigenvalue weighted by atomic mass is 9.97. The van der Waals surface area contributed by atoms with Gasteiger partial charge in [-0.3, -0.25) is 4.90 Å². The lowest BCUT2D eigenvalue weighted by Gasteiger charge is -2.36. The molecule has 2 aliphatic heterocycles. The van der Waals surface area contributed by atoms with E-state index in [4.69, 9.17) is 0 Å². The van der Waals surface area contributed by atoms with Crippen molar-refractivity contribution in [3.05, 3.63) is 0 Å². The Labute approximate surface area is 104 Å². The fourth-order valence-electron chi connectivity index (χ4n) is 2.43. The van der Waals surface area contributed by atoms with Gasteiger partial charge in [-0.25, -0.2) is 0 Å². The van der Waals surface area contributed by atoms with Crippen LogP contribution >= 0.6 is 24.2 Å². The van der Waals surface area contributed by atoms with Gasteiger partial charge in [0.2, 0.25) is 0 Å². The van der Waals surface area contributed by atoms with Crippen LogP contribution in [0.1, 0.15) is 19.8 Å². The van der Waals surface area contributed by atoms with E-state index < -0.39 is 0 Å². The molecule has 2 heterocycles. The van der Waals surface area contributed by atoms with E-state index in [2.05, 4.69) is 28.9 Å². The predicted octanol–water partition coefficient (Wildman–Crippen LogP) is 1.85. The molecule has 15 heavy (non-hydrogen) atoms. The van der Waals surface area contributed by atoms with E-state index in [1.54, 1.807) is 0 Å². The van der Waals surface area contributed by atoms with E-state index in [0.717, 1.165) is 12.0 Å². The summed E-state index contributed by atoms with van der Waals surface area (Å²) in [6.07, 6.45) is 2.77. The number of hydrogen-bond donors (Lipinski definition) is 1. The number of halogens is 1. The Bertz CT molecular complexity index is 174. The second-order valence-corrected chi connectivity index (χ2v) is 5.76. The molecule has 2 fully saturated rings. The van der Waals surface area contributed by atoms with Crippen LogP contribution in [0.25, 0.3) is 0 Å². The van der Waals surface area contributed by atoms with Crippen molar-refractivity contribution in [3.8, 4) is 0 Å². The first kappa shape index (κ1) is 13.6. The fraction of sp³-hybridized carbons (Fsp3) is 1.00. The van der Waals surface area contributed by atoms with Crippen molar-refractivity contribution < 1.29 is 0 Å². The molecule has 0 aromatic carbocycles. The van der Waals surface area contributed by atoms with Crippen molar-refractivity contribution in [3.63, 3.8) is 0 Å². The van der Waals surface area contributed by atoms with Crippen molar-refractivity contribution in [1.29, 1.82) is 0 Å². The van der Waals surface area contributed by atoms with E-state index in [0.29, 0.717) is 0 Å². The highest BCUT2D eigenvalue weighted by atomic mass is 35.5. The summed E-state index contributed by atoms with van der Waals surface area (Å²) >= 11 is 2.11. The van der Waals surface area contributed by atoms with E-state index in [1.165, 1.54) is 50.5 Å². The number of nitrogens with zero attached hydrogens (tertiary/aromatic N) is 1. The Morgan fingerprint density at radius 2 is 2.07 bits per heavy atom. The minimum absolute atomic E-state index is 0. The maximum atomic E-state index is 3.44. The van der Waals surface area contributed by atoms with Crippen molar-refractivity contribution >= 4 is 24.2 Å². The van der Waals surface area contributed by atoms with Crippen molar-refractivity contribution in [2.24, 2.45) is 5.92 Å². The van der Waals surface area contributed by atoms with Crippen LogP contribution in [0.15, 0.2) is 0 Å². The molecule has 0 spiro atoms. The summed E-state index contributed by atoms with van der Waals surface area (Å²) in [5.41, 5.74) is 0. The van der Waals surface area contributed by atoms with Crippen LogP contribution < -0.4 is 5.32 Å². The predicted molar refractivity (Wildman–Crippen MR) is 71.2 cm³/mol. The zero-order valence-corrected chi connectivity index (χ0v) is 11.2. The maximum absolute atomic E-state index is 3.44. The third-order valence-corrected chi connectivity index (χ3v) is 4.65. The minimum atomic E-state index is 0. The molecule has 4 heteroatoms. The summed E-state index contributed by atoms with van der Waals surface area (Å²) in [6, 6.07) is 0.809. The fourth-order valence-corrected chi connectivity index (χ4v) is 3.51. The normalized spacial score (nSPS) is 29.8. The highest BCUT2D eigenvalue weighted by Crippen LogP contribution is 2.20. The number of piperidine rings is 1. The van der Waals surface area contributed by atoms with Crippen LogP contribution in [0.3, 0.4) is 0 Å². The molecule has 0 aliphatic carbocycles. The van der Waals surface area contributed by atoms with Crippen LogP contribution in [-0.4, -0.2) is 48.6 Å². The Balaban J connectivity index is 0.00000112. The quantitative estimate of drug-likeness (QED) is 0.805. The van der Waals surface area contributed by atoms with Gasteiger partial charge in [0.1, 0.15) is 0 Å². The largest absolute Gasteiger partial charge is 0.317 e. The zero-order valence-electron chi connectivity index (χ0n) is 9.58. The summed E-state index contributed by atoms with van der Waals surface area (Å²) < 4.78 is 0. The Kier molecular flexibility index (Phi) is 6.36. The first-order chi connectivity index (χ1) is 6.86. The van der Waals surface area contributed by atoms with E-state index in [-0.39, 0.29) is 12.4 Å². The van der Waals surface area contributed by atoms with Crippen LogP contribution in [0.2, 0.25) is 0 Å². The lowest BCUT2D eigenvalue weighted by molar-refractivity contribution is 0.177. The Hall–Kier alpha value is 0.560. The average molecular weight is 251 g/mol. The molecule has 2 saturated heterocycles. The van der Waals surface area contributed by atoms with Gasteiger partial charge in [0.15, 0.2) is 0 Å². The Morgan fingerprint density at radius 1 is 1.33 bits per heavy atom. The number of nitrogens with one attached hydrogen (secondary N) is 1. The first-order valence-corrected chi connectivity index (χ1v) is 7.04. The number of thioether (sulfide) groups is 1. The van der Waals surface area contributed by atoms with Crippen molar-refractivity contribution in [2.75, 3.05) is 37.7 Å². The SMILES string of the molecule is CC1CSCCN1CC1CCNCC1.Cl. The van der Waals surface area contributed by atoms with Crippen LogP contribution in [0, 0.1) is 5.92 Å². The molecule has 0 radical (unpaired) electrons. The monoisotopic (exact) mass is 250 g/mol. The number of hydrogen-bond acceptors (Lipinski definition) is 3. The third-order valence-electron chi connectivity index (χ3n) is 3.46. The molecule has 2 aliphatic rings. The van der Waals surface area contributed by atoms with E-state index in [1.807, 2.05) is 0 Å². The van der Waals surface area contributed by atoms with Gasteiger partial charge in [0.25, 0.3) is 0 Å². The van der Waals surface area contributed by atoms with Gasteiger partial charge in [0.05, 0.1) is 0 Å². The summed E-state index contributed by atoms with van der Waals surface area (Å²) in [5.74, 6) is 3.64. The standard InChI is InChI=1S/C11H22N2S.ClH/c1-10-9-14-7-6-13(10)8-11-2-4-12-5-3-11;/h10-12H,2-9H2,1H3;1H. The van der Waals surface area contributed by atoms with Gasteiger partial charge in [-0.05, 0) is 38.8 Å². The molecule has 0 bridgehead atoms. The van der Waals surface area contributed by atoms with Crippen LogP contribution in [0.4, 0.5) is 0 Å². The summed E-state index contributed by atoms with van der Waals surface area (Å²) in [7, 11) is 0. The van der Waals surface area contributed by atoms with Gasteiger partial charge < -0.3 is 5.32 Å². The number of rotatable bonds is 2. The summed E-state index contributed by atoms with van der Waals surface area (Å²) in [4.78, 5) is 2.70. The highest BCUT2D eigenvalue weighted by molar-refractivity contribution is 7.99. The molecule has 2 rings (SSSR count). The molecule has 1 N–H and O–H groups in total. The molecular formula is C11H23ClN2S. The van der Waals surface area contributed by atoms with Crippen LogP contribution in [0.5, 0.6) is 0 Å². The van der Waals surface area contributed by atoms with Crippen LogP contribution in [-0.2, 0) is 0 Å². The van der Waals surface area contributed by atoms with Gasteiger partial charge in [0, 0.05) is 30.6 Å².